The molecule has 1 heterocycles. The molecule has 3 N–H and O–H groups in total. The summed E-state index contributed by atoms with van der Waals surface area (Å²) in [6, 6.07) is 16.4. The first-order valence-corrected chi connectivity index (χ1v) is 8.43. The van der Waals surface area contributed by atoms with Gasteiger partial charge in [0.05, 0.1) is 6.54 Å². The molecule has 0 spiro atoms. The zero-order chi connectivity index (χ0) is 17.1. The van der Waals surface area contributed by atoms with Crippen molar-refractivity contribution >= 4 is 11.6 Å². The molecule has 1 saturated heterocycles. The van der Waals surface area contributed by atoms with Crippen molar-refractivity contribution in [3.05, 3.63) is 65.2 Å². The van der Waals surface area contributed by atoms with Gasteiger partial charge in [-0.15, -0.1) is 0 Å². The molecular weight excluding hydrogens is 298 g/mol. The number of nitrogens with two attached hydrogens (primary N) is 1. The van der Waals surface area contributed by atoms with Crippen molar-refractivity contribution in [3.63, 3.8) is 0 Å². The van der Waals surface area contributed by atoms with Crippen LogP contribution < -0.4 is 11.1 Å². The van der Waals surface area contributed by atoms with E-state index in [1.54, 1.807) is 0 Å². The zero-order valence-corrected chi connectivity index (χ0v) is 14.3. The summed E-state index contributed by atoms with van der Waals surface area (Å²) in [6.07, 6.45) is 0. The summed E-state index contributed by atoms with van der Waals surface area (Å²) in [4.78, 5) is 14.5. The third-order valence-corrected chi connectivity index (χ3v) is 4.91. The summed E-state index contributed by atoms with van der Waals surface area (Å²) in [6.45, 7) is 6.03. The van der Waals surface area contributed by atoms with Gasteiger partial charge in [0, 0.05) is 30.7 Å². The summed E-state index contributed by atoms with van der Waals surface area (Å²) >= 11 is 0. The number of carbonyl (C=O) groups excluding carboxylic acids is 1. The van der Waals surface area contributed by atoms with Crippen molar-refractivity contribution in [2.45, 2.75) is 25.8 Å². The van der Waals surface area contributed by atoms with Crippen LogP contribution >= 0.6 is 0 Å². The molecule has 1 fully saturated rings. The summed E-state index contributed by atoms with van der Waals surface area (Å²) in [5.41, 5.74) is 10.7. The molecule has 3 rings (SSSR count). The second kappa shape index (κ2) is 7.16. The van der Waals surface area contributed by atoms with Crippen LogP contribution in [0.15, 0.2) is 48.5 Å². The molecule has 2 aromatic carbocycles. The van der Waals surface area contributed by atoms with Crippen LogP contribution in [0.2, 0.25) is 0 Å². The number of hydrogen-bond acceptors (Lipinski definition) is 3. The number of nitrogens with one attached hydrogen (secondary N) is 1. The van der Waals surface area contributed by atoms with E-state index in [1.165, 1.54) is 11.1 Å². The topological polar surface area (TPSA) is 58.4 Å². The first kappa shape index (κ1) is 16.7. The third kappa shape index (κ3) is 3.66. The van der Waals surface area contributed by atoms with Crippen molar-refractivity contribution in [1.82, 2.24) is 4.90 Å². The number of rotatable bonds is 4. The molecule has 4 heteroatoms. The highest BCUT2D eigenvalue weighted by atomic mass is 16.2. The Labute approximate surface area is 143 Å². The predicted octanol–water partition coefficient (Wildman–Crippen LogP) is 2.67. The lowest BCUT2D eigenvalue weighted by molar-refractivity contribution is -0.117. The van der Waals surface area contributed by atoms with Crippen molar-refractivity contribution in [2.75, 3.05) is 25.0 Å². The molecule has 2 atom stereocenters. The van der Waals surface area contributed by atoms with Gasteiger partial charge in [0.1, 0.15) is 0 Å². The van der Waals surface area contributed by atoms with Gasteiger partial charge >= 0.3 is 0 Å². The third-order valence-electron chi connectivity index (χ3n) is 4.91. The Balaban J connectivity index is 1.61. The molecule has 4 nitrogen and oxygen atoms in total. The van der Waals surface area contributed by atoms with E-state index in [0.29, 0.717) is 12.5 Å². The van der Waals surface area contributed by atoms with Crippen LogP contribution in [0, 0.1) is 13.8 Å². The number of nitrogens with zero attached hydrogens (tertiary/aromatic N) is 1. The van der Waals surface area contributed by atoms with Gasteiger partial charge in [0.2, 0.25) is 5.91 Å². The van der Waals surface area contributed by atoms with Gasteiger partial charge in [-0.2, -0.15) is 0 Å². The van der Waals surface area contributed by atoms with Crippen LogP contribution in [0.3, 0.4) is 0 Å². The Hall–Kier alpha value is -2.17. The highest BCUT2D eigenvalue weighted by Crippen LogP contribution is 2.26. The fourth-order valence-electron chi connectivity index (χ4n) is 3.37. The highest BCUT2D eigenvalue weighted by molar-refractivity contribution is 5.93. The fourth-order valence-corrected chi connectivity index (χ4v) is 3.37. The highest BCUT2D eigenvalue weighted by Gasteiger charge is 2.32. The summed E-state index contributed by atoms with van der Waals surface area (Å²) in [7, 11) is 0. The molecule has 0 saturated carbocycles. The Bertz CT molecular complexity index is 714. The molecule has 1 amide bonds. The number of carbonyl (C=O) groups is 1. The van der Waals surface area contributed by atoms with E-state index in [-0.39, 0.29) is 11.9 Å². The van der Waals surface area contributed by atoms with Crippen LogP contribution in [0.5, 0.6) is 0 Å². The van der Waals surface area contributed by atoms with Crippen molar-refractivity contribution < 1.29 is 4.79 Å². The van der Waals surface area contributed by atoms with Crippen molar-refractivity contribution in [2.24, 2.45) is 5.73 Å². The Kier molecular flexibility index (Phi) is 4.97. The molecule has 1 aliphatic heterocycles. The molecular formula is C20H25N3O. The van der Waals surface area contributed by atoms with E-state index < -0.39 is 0 Å². The van der Waals surface area contributed by atoms with Gasteiger partial charge in [-0.05, 0) is 36.6 Å². The predicted molar refractivity (Wildman–Crippen MR) is 98.1 cm³/mol. The van der Waals surface area contributed by atoms with Crippen LogP contribution in [-0.2, 0) is 4.79 Å². The fraction of sp³-hybridized carbons (Fsp3) is 0.350. The second-order valence-corrected chi connectivity index (χ2v) is 6.67. The molecule has 0 aliphatic carbocycles. The molecule has 0 aromatic heterocycles. The Morgan fingerprint density at radius 1 is 1.12 bits per heavy atom. The first-order chi connectivity index (χ1) is 11.5. The van der Waals surface area contributed by atoms with Gasteiger partial charge < -0.3 is 11.1 Å². The molecule has 0 radical (unpaired) electrons. The summed E-state index contributed by atoms with van der Waals surface area (Å²) < 4.78 is 0. The average Bonchev–Trinajstić information content (AvgIpc) is 2.93. The lowest BCUT2D eigenvalue weighted by Crippen LogP contribution is -2.33. The maximum Gasteiger partial charge on any atom is 0.238 e. The van der Waals surface area contributed by atoms with Crippen molar-refractivity contribution in [3.8, 4) is 0 Å². The quantitative estimate of drug-likeness (QED) is 0.909. The minimum absolute atomic E-state index is 0.0182. The SMILES string of the molecule is Cc1cccc(NC(=O)CN2C[C@@H](N)[C@H](c3ccccc3)C2)c1C. The van der Waals surface area contributed by atoms with Crippen LogP contribution in [0.4, 0.5) is 5.69 Å². The average molecular weight is 323 g/mol. The summed E-state index contributed by atoms with van der Waals surface area (Å²) in [5, 5.41) is 3.03. The summed E-state index contributed by atoms with van der Waals surface area (Å²) in [5.74, 6) is 0.310. The zero-order valence-electron chi connectivity index (χ0n) is 14.3. The van der Waals surface area contributed by atoms with E-state index in [2.05, 4.69) is 35.3 Å². The van der Waals surface area contributed by atoms with E-state index in [0.717, 1.165) is 24.3 Å². The van der Waals surface area contributed by atoms with Crippen molar-refractivity contribution in [1.29, 1.82) is 0 Å². The number of benzene rings is 2. The standard InChI is InChI=1S/C20H25N3O/c1-14-7-6-10-19(15(14)2)22-20(24)13-23-11-17(18(21)12-23)16-8-4-3-5-9-16/h3-10,17-18H,11-13,21H2,1-2H3,(H,22,24)/t17-,18+/m0/s1. The second-order valence-electron chi connectivity index (χ2n) is 6.67. The smallest absolute Gasteiger partial charge is 0.238 e. The van der Waals surface area contributed by atoms with E-state index in [9.17, 15) is 4.79 Å². The molecule has 0 unspecified atom stereocenters. The van der Waals surface area contributed by atoms with Crippen LogP contribution in [0.1, 0.15) is 22.6 Å². The Morgan fingerprint density at radius 2 is 1.88 bits per heavy atom. The van der Waals surface area contributed by atoms with Crippen LogP contribution in [-0.4, -0.2) is 36.5 Å². The maximum atomic E-state index is 12.4. The molecule has 24 heavy (non-hydrogen) atoms. The van der Waals surface area contributed by atoms with Gasteiger partial charge in [-0.1, -0.05) is 42.5 Å². The number of likely N-dealkylation sites (tertiary alicyclic amines) is 1. The molecule has 1 aliphatic rings. The lowest BCUT2D eigenvalue weighted by Gasteiger charge is -2.17. The van der Waals surface area contributed by atoms with E-state index in [1.807, 2.05) is 37.3 Å². The maximum absolute atomic E-state index is 12.4. The van der Waals surface area contributed by atoms with Gasteiger partial charge in [-0.25, -0.2) is 0 Å². The molecule has 126 valence electrons. The molecule has 0 bridgehead atoms. The number of aryl methyl sites for hydroxylation is 1. The number of hydrogen-bond donors (Lipinski definition) is 2. The van der Waals surface area contributed by atoms with E-state index in [4.69, 9.17) is 5.73 Å². The number of amides is 1. The monoisotopic (exact) mass is 323 g/mol. The lowest BCUT2D eigenvalue weighted by atomic mass is 9.95. The van der Waals surface area contributed by atoms with Gasteiger partial charge in [0.15, 0.2) is 0 Å². The largest absolute Gasteiger partial charge is 0.326 e. The normalized spacial score (nSPS) is 21.0. The Morgan fingerprint density at radius 3 is 2.62 bits per heavy atom. The number of anilines is 1. The van der Waals surface area contributed by atoms with Gasteiger partial charge in [-0.3, -0.25) is 9.69 Å². The first-order valence-electron chi connectivity index (χ1n) is 8.43. The minimum Gasteiger partial charge on any atom is -0.326 e. The molecule has 2 aromatic rings. The van der Waals surface area contributed by atoms with Gasteiger partial charge in [0.25, 0.3) is 0 Å². The minimum atomic E-state index is 0.0182. The van der Waals surface area contributed by atoms with E-state index >= 15 is 0 Å². The van der Waals surface area contributed by atoms with Crippen LogP contribution in [0.25, 0.3) is 0 Å².